The predicted molar refractivity (Wildman–Crippen MR) is 195 cm³/mol. The molecule has 1 saturated heterocycles. The Hall–Kier alpha value is -3.21. The molecule has 1 heterocycles. The zero-order chi connectivity index (χ0) is 34.0. The minimum Gasteiger partial charge on any atom is -0.493 e. The molecule has 3 aromatic rings. The molecule has 49 heavy (non-hydrogen) atoms. The van der Waals surface area contributed by atoms with E-state index in [1.807, 2.05) is 49.1 Å². The normalized spacial score (nSPS) is 17.1. The maximum absolute atomic E-state index is 14.1. The topological polar surface area (TPSA) is 98.4 Å². The molecular formula is C37H46Cl3N3O6. The minimum atomic E-state index is -0.366. The van der Waals surface area contributed by atoms with E-state index in [4.69, 9.17) is 42.1 Å². The second-order valence-corrected chi connectivity index (χ2v) is 13.3. The van der Waals surface area contributed by atoms with Crippen molar-refractivity contribution >= 4 is 47.4 Å². The molecule has 2 unspecified atom stereocenters. The predicted octanol–water partition coefficient (Wildman–Crippen LogP) is 6.80. The van der Waals surface area contributed by atoms with E-state index >= 15 is 0 Å². The lowest BCUT2D eigenvalue weighted by atomic mass is 9.91. The number of halogens is 3. The van der Waals surface area contributed by atoms with E-state index in [-0.39, 0.29) is 55.4 Å². The monoisotopic (exact) mass is 733 g/mol. The summed E-state index contributed by atoms with van der Waals surface area (Å²) in [6.45, 7) is 7.28. The lowest BCUT2D eigenvalue weighted by Crippen LogP contribution is -2.55. The number of aryl methyl sites for hydroxylation is 2. The number of hydrogen-bond acceptors (Lipinski definition) is 7. The Bertz CT molecular complexity index is 1550. The number of amides is 2. The van der Waals surface area contributed by atoms with Crippen LogP contribution in [-0.4, -0.2) is 75.4 Å². The summed E-state index contributed by atoms with van der Waals surface area (Å²) in [6.07, 6.45) is 3.45. The Morgan fingerprint density at radius 1 is 0.898 bits per heavy atom. The van der Waals surface area contributed by atoms with Gasteiger partial charge in [0.05, 0.1) is 22.6 Å². The molecule has 266 valence electrons. The molecule has 0 radical (unpaired) electrons. The highest BCUT2D eigenvalue weighted by atomic mass is 35.5. The highest BCUT2D eigenvalue weighted by molar-refractivity contribution is 6.37. The van der Waals surface area contributed by atoms with Gasteiger partial charge in [-0.05, 0) is 98.8 Å². The second kappa shape index (κ2) is 18.7. The average molecular weight is 735 g/mol. The van der Waals surface area contributed by atoms with Gasteiger partial charge in [0.2, 0.25) is 5.91 Å². The van der Waals surface area contributed by atoms with Gasteiger partial charge in [0.1, 0.15) is 24.7 Å². The smallest absolute Gasteiger partial charge is 0.251 e. The molecule has 0 aromatic heterocycles. The molecule has 5 rings (SSSR count). The van der Waals surface area contributed by atoms with Gasteiger partial charge < -0.3 is 34.5 Å². The van der Waals surface area contributed by atoms with Crippen LogP contribution in [0.5, 0.6) is 17.2 Å². The highest BCUT2D eigenvalue weighted by Crippen LogP contribution is 2.34. The van der Waals surface area contributed by atoms with Crippen molar-refractivity contribution in [3.8, 4) is 17.2 Å². The third-order valence-electron chi connectivity index (χ3n) is 8.58. The molecule has 0 bridgehead atoms. The van der Waals surface area contributed by atoms with Crippen molar-refractivity contribution in [1.82, 2.24) is 15.5 Å². The standard InChI is InChI=1S/C37H45Cl2N3O6.ClH/c1-24-18-32(38)35(33(39)19-24)48-17-16-47-29-10-11-30(25(2)20-29)36(43)41-34-12-13-40-22-31(34)37(44)42(27-8-9-27)23-26-6-4-7-28(21-26)46-15-5-14-45-3;/h4,6-7,10-11,18-21,27,31,34,40H,5,8-9,12-17,22-23H2,1-3H3,(H,41,43);1H. The number of carbonyl (C=O) groups is 2. The first kappa shape index (κ1) is 38.6. The number of piperidine rings is 1. The molecule has 1 aliphatic carbocycles. The first-order chi connectivity index (χ1) is 23.2. The summed E-state index contributed by atoms with van der Waals surface area (Å²) >= 11 is 12.5. The first-order valence-corrected chi connectivity index (χ1v) is 17.3. The minimum absolute atomic E-state index is 0. The molecular weight excluding hydrogens is 689 g/mol. The summed E-state index contributed by atoms with van der Waals surface area (Å²) in [4.78, 5) is 29.6. The van der Waals surface area contributed by atoms with Gasteiger partial charge in [0, 0.05) is 50.9 Å². The summed E-state index contributed by atoms with van der Waals surface area (Å²) in [5.41, 5.74) is 3.30. The molecule has 1 saturated carbocycles. The quantitative estimate of drug-likeness (QED) is 0.156. The summed E-state index contributed by atoms with van der Waals surface area (Å²) in [6, 6.07) is 16.8. The van der Waals surface area contributed by atoms with Crippen LogP contribution < -0.4 is 24.8 Å². The molecule has 2 fully saturated rings. The van der Waals surface area contributed by atoms with Crippen molar-refractivity contribution in [2.45, 2.75) is 58.2 Å². The maximum atomic E-state index is 14.1. The average Bonchev–Trinajstić information content (AvgIpc) is 3.91. The number of carbonyl (C=O) groups excluding carboxylic acids is 2. The van der Waals surface area contributed by atoms with E-state index in [0.717, 1.165) is 48.2 Å². The van der Waals surface area contributed by atoms with Gasteiger partial charge in [-0.3, -0.25) is 9.59 Å². The number of benzene rings is 3. The lowest BCUT2D eigenvalue weighted by Gasteiger charge is -2.36. The van der Waals surface area contributed by atoms with Crippen molar-refractivity contribution in [3.05, 3.63) is 86.9 Å². The lowest BCUT2D eigenvalue weighted by molar-refractivity contribution is -0.138. The Morgan fingerprint density at radius 3 is 2.33 bits per heavy atom. The van der Waals surface area contributed by atoms with Crippen molar-refractivity contribution < 1.29 is 28.5 Å². The fourth-order valence-electron chi connectivity index (χ4n) is 5.96. The van der Waals surface area contributed by atoms with Gasteiger partial charge in [0.25, 0.3) is 5.91 Å². The Labute approximate surface area is 305 Å². The van der Waals surface area contributed by atoms with Gasteiger partial charge in [-0.2, -0.15) is 0 Å². The van der Waals surface area contributed by atoms with Crippen LogP contribution in [0, 0.1) is 19.8 Å². The zero-order valence-corrected chi connectivity index (χ0v) is 30.6. The number of methoxy groups -OCH3 is 1. The van der Waals surface area contributed by atoms with E-state index in [1.165, 1.54) is 0 Å². The van der Waals surface area contributed by atoms with Crippen LogP contribution in [0.3, 0.4) is 0 Å². The number of hydrogen-bond donors (Lipinski definition) is 2. The van der Waals surface area contributed by atoms with Crippen LogP contribution in [0.15, 0.2) is 54.6 Å². The number of ether oxygens (including phenoxy) is 4. The maximum Gasteiger partial charge on any atom is 0.251 e. The Kier molecular flexibility index (Phi) is 14.7. The van der Waals surface area contributed by atoms with E-state index in [2.05, 4.69) is 10.6 Å². The number of nitrogens with one attached hydrogen (secondary N) is 2. The van der Waals surface area contributed by atoms with Crippen LogP contribution in [-0.2, 0) is 16.1 Å². The van der Waals surface area contributed by atoms with Crippen LogP contribution in [0.25, 0.3) is 0 Å². The van der Waals surface area contributed by atoms with Gasteiger partial charge in [-0.1, -0.05) is 35.3 Å². The van der Waals surface area contributed by atoms with Crippen molar-refractivity contribution in [2.24, 2.45) is 5.92 Å². The van der Waals surface area contributed by atoms with E-state index in [9.17, 15) is 9.59 Å². The Balaban J connectivity index is 0.00000541. The van der Waals surface area contributed by atoms with Crippen LogP contribution >= 0.6 is 35.6 Å². The SMILES string of the molecule is COCCCOc1cccc(CN(C(=O)C2CNCCC2NC(=O)c2ccc(OCCOc3c(Cl)cc(C)cc3Cl)cc2C)C2CC2)c1.Cl. The molecule has 2 amide bonds. The van der Waals surface area contributed by atoms with E-state index < -0.39 is 0 Å². The fourth-order valence-corrected chi connectivity index (χ4v) is 6.66. The molecule has 3 aromatic carbocycles. The summed E-state index contributed by atoms with van der Waals surface area (Å²) < 4.78 is 22.6. The summed E-state index contributed by atoms with van der Waals surface area (Å²) in [5.74, 6) is 1.33. The Morgan fingerprint density at radius 2 is 1.61 bits per heavy atom. The molecule has 2 N–H and O–H groups in total. The van der Waals surface area contributed by atoms with E-state index in [0.29, 0.717) is 59.8 Å². The largest absolute Gasteiger partial charge is 0.493 e. The molecule has 12 heteroatoms. The number of nitrogens with zero attached hydrogens (tertiary/aromatic N) is 1. The first-order valence-electron chi connectivity index (χ1n) is 16.6. The molecule has 2 aliphatic rings. The van der Waals surface area contributed by atoms with Gasteiger partial charge >= 0.3 is 0 Å². The van der Waals surface area contributed by atoms with Crippen LogP contribution in [0.4, 0.5) is 0 Å². The second-order valence-electron chi connectivity index (χ2n) is 12.5. The third kappa shape index (κ3) is 10.9. The van der Waals surface area contributed by atoms with E-state index in [1.54, 1.807) is 31.4 Å². The van der Waals surface area contributed by atoms with Gasteiger partial charge in [-0.25, -0.2) is 0 Å². The number of rotatable bonds is 16. The summed E-state index contributed by atoms with van der Waals surface area (Å²) in [5, 5.41) is 7.47. The van der Waals surface area contributed by atoms with Crippen LogP contribution in [0.1, 0.15) is 52.7 Å². The zero-order valence-electron chi connectivity index (χ0n) is 28.3. The summed E-state index contributed by atoms with van der Waals surface area (Å²) in [7, 11) is 1.68. The van der Waals surface area contributed by atoms with Crippen molar-refractivity contribution in [1.29, 1.82) is 0 Å². The van der Waals surface area contributed by atoms with Crippen molar-refractivity contribution in [3.63, 3.8) is 0 Å². The molecule has 1 aliphatic heterocycles. The van der Waals surface area contributed by atoms with Crippen molar-refractivity contribution in [2.75, 3.05) is 46.6 Å². The van der Waals surface area contributed by atoms with Gasteiger partial charge in [0.15, 0.2) is 5.75 Å². The molecule has 9 nitrogen and oxygen atoms in total. The third-order valence-corrected chi connectivity index (χ3v) is 9.14. The van der Waals surface area contributed by atoms with Crippen LogP contribution in [0.2, 0.25) is 10.0 Å². The fraction of sp³-hybridized carbons (Fsp3) is 0.459. The highest BCUT2D eigenvalue weighted by Gasteiger charge is 2.40. The molecule has 2 atom stereocenters. The molecule has 0 spiro atoms. The van der Waals surface area contributed by atoms with Gasteiger partial charge in [-0.15, -0.1) is 12.4 Å².